The number of imide groups is 1. The summed E-state index contributed by atoms with van der Waals surface area (Å²) < 4.78 is 93.5. The summed E-state index contributed by atoms with van der Waals surface area (Å²) in [5, 5.41) is 16.3. The van der Waals surface area contributed by atoms with Crippen LogP contribution in [0, 0.1) is 12.8 Å². The first-order chi connectivity index (χ1) is 22.8. The van der Waals surface area contributed by atoms with E-state index in [0.717, 1.165) is 30.9 Å². The fourth-order valence-corrected chi connectivity index (χ4v) is 5.58. The molecule has 0 spiro atoms. The van der Waals surface area contributed by atoms with Crippen LogP contribution in [-0.4, -0.2) is 81.8 Å². The predicted octanol–water partition coefficient (Wildman–Crippen LogP) is 5.42. The minimum absolute atomic E-state index is 0.0302. The van der Waals surface area contributed by atoms with E-state index in [0.29, 0.717) is 18.5 Å². The average molecular weight is 702 g/mol. The van der Waals surface area contributed by atoms with Crippen molar-refractivity contribution in [3.05, 3.63) is 53.6 Å². The van der Waals surface area contributed by atoms with Gasteiger partial charge in [-0.05, 0) is 55.5 Å². The molecule has 1 aliphatic heterocycles. The first kappa shape index (κ1) is 36.8. The van der Waals surface area contributed by atoms with E-state index in [4.69, 9.17) is 9.84 Å². The van der Waals surface area contributed by atoms with E-state index < -0.39 is 84.1 Å². The van der Waals surface area contributed by atoms with Crippen molar-refractivity contribution in [3.8, 4) is 5.75 Å². The second-order valence-electron chi connectivity index (χ2n) is 11.9. The Morgan fingerprint density at radius 1 is 1.00 bits per heavy atom. The molecule has 6 amide bonds. The molecule has 2 aromatic carbocycles. The normalized spacial score (nSPS) is 17.4. The molecule has 4 rings (SSSR count). The second-order valence-corrected chi connectivity index (χ2v) is 11.9. The molecule has 1 heterocycles. The lowest BCUT2D eigenvalue weighted by Gasteiger charge is -2.37. The van der Waals surface area contributed by atoms with E-state index in [-0.39, 0.29) is 27.8 Å². The maximum atomic E-state index is 14.7. The zero-order chi connectivity index (χ0) is 36.5. The van der Waals surface area contributed by atoms with Crippen LogP contribution in [0.4, 0.5) is 47.3 Å². The van der Waals surface area contributed by atoms with Crippen LogP contribution in [0.2, 0.25) is 0 Å². The van der Waals surface area contributed by atoms with Crippen LogP contribution in [0.1, 0.15) is 43.7 Å². The van der Waals surface area contributed by atoms with Gasteiger partial charge in [0.05, 0.1) is 19.2 Å². The number of carbonyl (C=O) groups excluding carboxylic acids is 4. The first-order valence-corrected chi connectivity index (χ1v) is 14.9. The molecule has 1 unspecified atom stereocenters. The number of benzene rings is 2. The zero-order valence-electron chi connectivity index (χ0n) is 26.4. The van der Waals surface area contributed by atoms with Crippen molar-refractivity contribution in [2.45, 2.75) is 76.1 Å². The number of carboxylic acid groups (broad SMARTS) is 1. The average Bonchev–Trinajstić information content (AvgIpc) is 3.77. The number of carboxylic acids is 1. The number of nitrogens with zero attached hydrogens (tertiary/aromatic N) is 2. The number of anilines is 2. The van der Waals surface area contributed by atoms with E-state index in [9.17, 15) is 50.3 Å². The smallest absolute Gasteiger partial charge is 0.430 e. The number of amides is 6. The number of nitrogens with one attached hydrogen (secondary N) is 3. The van der Waals surface area contributed by atoms with Gasteiger partial charge in [-0.2, -0.15) is 26.3 Å². The number of para-hydroxylation sites is 1. The minimum atomic E-state index is -6.40. The molecular formula is C31H33F6N5O7. The number of aryl methyl sites for hydroxylation is 1. The molecule has 49 heavy (non-hydrogen) atoms. The van der Waals surface area contributed by atoms with Gasteiger partial charge in [-0.25, -0.2) is 14.5 Å². The van der Waals surface area contributed by atoms with Gasteiger partial charge in [0.2, 0.25) is 5.91 Å². The molecule has 266 valence electrons. The van der Waals surface area contributed by atoms with Crippen LogP contribution < -0.4 is 20.7 Å². The number of urea groups is 2. The molecule has 0 aromatic heterocycles. The van der Waals surface area contributed by atoms with Gasteiger partial charge >= 0.3 is 35.9 Å². The van der Waals surface area contributed by atoms with Gasteiger partial charge in [-0.3, -0.25) is 19.3 Å². The van der Waals surface area contributed by atoms with Gasteiger partial charge in [-0.15, -0.1) is 0 Å². The Hall–Kier alpha value is -5.03. The highest BCUT2D eigenvalue weighted by molar-refractivity contribution is 6.11. The molecule has 12 nitrogen and oxygen atoms in total. The largest absolute Gasteiger partial charge is 0.495 e. The third kappa shape index (κ3) is 7.51. The molecule has 0 bridgehead atoms. The van der Waals surface area contributed by atoms with Crippen LogP contribution in [0.25, 0.3) is 0 Å². The monoisotopic (exact) mass is 701 g/mol. The lowest BCUT2D eigenvalue weighted by atomic mass is 9.94. The number of ether oxygens (including phenoxy) is 1. The summed E-state index contributed by atoms with van der Waals surface area (Å²) in [7, 11) is 1.12. The van der Waals surface area contributed by atoms with Gasteiger partial charge in [0, 0.05) is 18.3 Å². The van der Waals surface area contributed by atoms with E-state index in [1.54, 1.807) is 31.2 Å². The number of alkyl halides is 6. The summed E-state index contributed by atoms with van der Waals surface area (Å²) in [6.07, 6.45) is -13.0. The molecular weight excluding hydrogens is 668 g/mol. The summed E-state index contributed by atoms with van der Waals surface area (Å²) in [6.45, 7) is 1.55. The Morgan fingerprint density at radius 3 is 2.16 bits per heavy atom. The summed E-state index contributed by atoms with van der Waals surface area (Å²) in [5.41, 5.74) is -4.57. The molecule has 2 fully saturated rings. The number of hydrogen-bond acceptors (Lipinski definition) is 6. The van der Waals surface area contributed by atoms with E-state index >= 15 is 0 Å². The van der Waals surface area contributed by atoms with Crippen LogP contribution >= 0.6 is 0 Å². The molecule has 1 saturated heterocycles. The molecule has 2 atom stereocenters. The lowest BCUT2D eigenvalue weighted by Crippen LogP contribution is -2.69. The number of methoxy groups -OCH3 is 1. The second kappa shape index (κ2) is 13.8. The molecule has 2 aromatic rings. The Balaban J connectivity index is 1.71. The third-order valence-electron chi connectivity index (χ3n) is 8.18. The van der Waals surface area contributed by atoms with Crippen molar-refractivity contribution in [3.63, 3.8) is 0 Å². The number of rotatable bonds is 12. The van der Waals surface area contributed by atoms with Gasteiger partial charge < -0.3 is 25.8 Å². The van der Waals surface area contributed by atoms with E-state index in [2.05, 4.69) is 16.0 Å². The highest BCUT2D eigenvalue weighted by Crippen LogP contribution is 2.53. The quantitative estimate of drug-likeness (QED) is 0.170. The first-order valence-electron chi connectivity index (χ1n) is 14.9. The maximum Gasteiger partial charge on any atom is 0.430 e. The van der Waals surface area contributed by atoms with Crippen molar-refractivity contribution in [1.29, 1.82) is 0 Å². The number of aliphatic carboxylic acids is 1. The van der Waals surface area contributed by atoms with Crippen LogP contribution in [0.15, 0.2) is 42.5 Å². The van der Waals surface area contributed by atoms with Crippen LogP contribution in [0.5, 0.6) is 5.75 Å². The standard InChI is InChI=1S/C31H33F6N5O7/c1-16-6-4-5-7-20(16)39-27(47)40-21-11-10-19(14-23(21)49-3)15-41-28(48)42(26(46)29(41,30(32,33)34)31(35,36)37)22(13-18-8-9-18)25(45)38-17(2)12-24(43)44/h4-7,10-11,14,17-18,22H,8-9,12-13,15H2,1-3H3,(H,38,45)(H,43,44)(H2,39,40,47)/t17?,22-/m0/s1. The summed E-state index contributed by atoms with van der Waals surface area (Å²) in [4.78, 5) is 63.1. The molecule has 4 N–H and O–H groups in total. The fourth-order valence-electron chi connectivity index (χ4n) is 5.58. The van der Waals surface area contributed by atoms with E-state index in [1.807, 2.05) is 0 Å². The number of hydrogen-bond donors (Lipinski definition) is 4. The van der Waals surface area contributed by atoms with Gasteiger partial charge in [-0.1, -0.05) is 37.1 Å². The third-order valence-corrected chi connectivity index (χ3v) is 8.18. The van der Waals surface area contributed by atoms with Crippen molar-refractivity contribution in [2.24, 2.45) is 5.92 Å². The van der Waals surface area contributed by atoms with Gasteiger partial charge in [0.15, 0.2) is 0 Å². The summed E-state index contributed by atoms with van der Waals surface area (Å²) in [6, 6.07) is 3.93. The highest BCUT2D eigenvalue weighted by atomic mass is 19.4. The fraction of sp³-hybridized carbons (Fsp3) is 0.452. The van der Waals surface area contributed by atoms with Crippen molar-refractivity contribution >= 4 is 41.2 Å². The molecule has 1 saturated carbocycles. The summed E-state index contributed by atoms with van der Waals surface area (Å²) >= 11 is 0. The van der Waals surface area contributed by atoms with Crippen molar-refractivity contribution < 1.29 is 60.2 Å². The molecule has 0 radical (unpaired) electrons. The Kier molecular flexibility index (Phi) is 10.4. The van der Waals surface area contributed by atoms with Gasteiger partial charge in [0.1, 0.15) is 11.8 Å². The Labute approximate surface area is 275 Å². The highest BCUT2D eigenvalue weighted by Gasteiger charge is 2.84. The zero-order valence-corrected chi connectivity index (χ0v) is 26.4. The molecule has 18 heteroatoms. The van der Waals surface area contributed by atoms with Crippen molar-refractivity contribution in [1.82, 2.24) is 15.1 Å². The number of halogens is 6. The van der Waals surface area contributed by atoms with Crippen LogP contribution in [0.3, 0.4) is 0 Å². The lowest BCUT2D eigenvalue weighted by molar-refractivity contribution is -0.315. The Morgan fingerprint density at radius 2 is 1.61 bits per heavy atom. The molecule has 2 aliphatic rings. The Bertz CT molecular complexity index is 1610. The maximum absolute atomic E-state index is 14.7. The molecule has 1 aliphatic carbocycles. The van der Waals surface area contributed by atoms with Crippen LogP contribution in [-0.2, 0) is 20.9 Å². The predicted molar refractivity (Wildman–Crippen MR) is 160 cm³/mol. The summed E-state index contributed by atoms with van der Waals surface area (Å²) in [5.74, 6) is -5.91. The van der Waals surface area contributed by atoms with E-state index in [1.165, 1.54) is 6.92 Å². The van der Waals surface area contributed by atoms with Gasteiger partial charge in [0.25, 0.3) is 5.91 Å². The SMILES string of the molecule is COc1cc(CN2C(=O)N([C@@H](CC3CC3)C(=O)NC(C)CC(=O)O)C(=O)C2(C(F)(F)F)C(F)(F)F)ccc1NC(=O)Nc1ccccc1C. The number of carbonyl (C=O) groups is 5. The topological polar surface area (TPSA) is 157 Å². The minimum Gasteiger partial charge on any atom is -0.495 e. The van der Waals surface area contributed by atoms with Crippen molar-refractivity contribution in [2.75, 3.05) is 17.7 Å².